The van der Waals surface area contributed by atoms with E-state index in [0.29, 0.717) is 23.9 Å². The predicted octanol–water partition coefficient (Wildman–Crippen LogP) is 5.84. The average molecular weight is 555 g/mol. The number of halogens is 1. The molecule has 35 heavy (non-hydrogen) atoms. The van der Waals surface area contributed by atoms with Crippen molar-refractivity contribution in [2.45, 2.75) is 78.1 Å². The Morgan fingerprint density at radius 3 is 2.09 bits per heavy atom. The van der Waals surface area contributed by atoms with Crippen LogP contribution in [0.5, 0.6) is 5.75 Å². The van der Waals surface area contributed by atoms with E-state index in [1.165, 1.54) is 0 Å². The highest BCUT2D eigenvalue weighted by molar-refractivity contribution is 9.10. The number of rotatable bonds is 2. The third-order valence-corrected chi connectivity index (χ3v) is 6.53. The van der Waals surface area contributed by atoms with Crippen LogP contribution in [0.2, 0.25) is 0 Å². The summed E-state index contributed by atoms with van der Waals surface area (Å²) < 4.78 is 29.3. The molecule has 2 aliphatic heterocycles. The number of hydrogen-bond acceptors (Lipinski definition) is 8. The van der Waals surface area contributed by atoms with Crippen LogP contribution in [0.15, 0.2) is 22.7 Å². The maximum atomic E-state index is 12.9. The van der Waals surface area contributed by atoms with Crippen LogP contribution in [0.4, 0.5) is 9.59 Å². The van der Waals surface area contributed by atoms with E-state index in [2.05, 4.69) is 15.9 Å². The zero-order valence-corrected chi connectivity index (χ0v) is 23.2. The fraction of sp³-hybridized carbons (Fsp3) is 0.640. The number of carbonyl (C=O) groups is 2. The number of amidine groups is 1. The van der Waals surface area contributed by atoms with Gasteiger partial charge in [0, 0.05) is 16.0 Å². The maximum absolute atomic E-state index is 12.9. The van der Waals surface area contributed by atoms with E-state index in [1.807, 2.05) is 32.0 Å². The molecule has 1 spiro atoms. The molecule has 0 radical (unpaired) electrons. The lowest BCUT2D eigenvalue weighted by Gasteiger charge is -2.58. The minimum Gasteiger partial charge on any atom is -0.487 e. The summed E-state index contributed by atoms with van der Waals surface area (Å²) >= 11 is 3.52. The Bertz CT molecular complexity index is 978. The predicted molar refractivity (Wildman–Crippen MR) is 133 cm³/mol. The van der Waals surface area contributed by atoms with E-state index >= 15 is 0 Å². The maximum Gasteiger partial charge on any atom is 0.428 e. The summed E-state index contributed by atoms with van der Waals surface area (Å²) in [5.41, 5.74) is -1.86. The Kier molecular flexibility index (Phi) is 7.23. The first-order valence-corrected chi connectivity index (χ1v) is 12.3. The van der Waals surface area contributed by atoms with Crippen LogP contribution in [0.1, 0.15) is 66.9 Å². The second-order valence-electron chi connectivity index (χ2n) is 11.4. The van der Waals surface area contributed by atoms with Crippen molar-refractivity contribution in [1.82, 2.24) is 4.90 Å². The molecule has 1 unspecified atom stereocenters. The Labute approximate surface area is 215 Å². The summed E-state index contributed by atoms with van der Waals surface area (Å²) in [6.07, 6.45) is -2.09. The first-order chi connectivity index (χ1) is 16.0. The van der Waals surface area contributed by atoms with E-state index in [0.717, 1.165) is 10.0 Å². The number of fused-ring (bicyclic) bond motifs is 1. The van der Waals surface area contributed by atoms with Crippen molar-refractivity contribution in [2.75, 3.05) is 19.8 Å². The Hall–Kier alpha value is -2.33. The van der Waals surface area contributed by atoms with Crippen molar-refractivity contribution in [3.05, 3.63) is 28.2 Å². The molecule has 0 aliphatic carbocycles. The van der Waals surface area contributed by atoms with Gasteiger partial charge in [0.1, 0.15) is 22.6 Å². The zero-order valence-electron chi connectivity index (χ0n) is 21.6. The summed E-state index contributed by atoms with van der Waals surface area (Å²) in [7, 11) is 0. The molecule has 1 N–H and O–H groups in total. The second-order valence-corrected chi connectivity index (χ2v) is 12.3. The van der Waals surface area contributed by atoms with Gasteiger partial charge in [-0.15, -0.1) is 4.90 Å². The molecule has 2 heterocycles. The largest absolute Gasteiger partial charge is 0.487 e. The molecule has 9 nitrogen and oxygen atoms in total. The number of imide groups is 1. The molecular formula is C25H35BrN2O7. The van der Waals surface area contributed by atoms with Crippen molar-refractivity contribution in [2.24, 2.45) is 5.41 Å². The van der Waals surface area contributed by atoms with Gasteiger partial charge in [-0.3, -0.25) is 5.41 Å². The molecule has 2 aliphatic rings. The average Bonchev–Trinajstić information content (AvgIpc) is 2.61. The second kappa shape index (κ2) is 9.28. The van der Waals surface area contributed by atoms with E-state index in [4.69, 9.17) is 29.1 Å². The number of ether oxygens (including phenoxy) is 5. The highest BCUT2D eigenvalue weighted by atomic mass is 79.9. The molecule has 1 atom stereocenters. The molecule has 1 saturated heterocycles. The van der Waals surface area contributed by atoms with Gasteiger partial charge in [0.05, 0.1) is 25.2 Å². The number of nitrogens with zero attached hydrogens (tertiary/aromatic N) is 1. The molecule has 10 heteroatoms. The molecule has 1 aromatic carbocycles. The van der Waals surface area contributed by atoms with Gasteiger partial charge in [0.25, 0.3) is 0 Å². The van der Waals surface area contributed by atoms with Gasteiger partial charge in [-0.2, -0.15) is 0 Å². The third kappa shape index (κ3) is 5.74. The number of hydrogen-bond donors (Lipinski definition) is 1. The lowest BCUT2D eigenvalue weighted by Crippen LogP contribution is -2.65. The minimum absolute atomic E-state index is 0.0144. The van der Waals surface area contributed by atoms with E-state index in [1.54, 1.807) is 41.5 Å². The first-order valence-electron chi connectivity index (χ1n) is 11.5. The monoisotopic (exact) mass is 554 g/mol. The minimum atomic E-state index is -1.05. The fourth-order valence-corrected chi connectivity index (χ4v) is 4.56. The molecule has 1 aromatic rings. The van der Waals surface area contributed by atoms with Gasteiger partial charge in [0.2, 0.25) is 0 Å². The SMILES string of the molecule is CC(C)(C)OC(=O)N(C(=N)OCC1c2cc(Br)ccc2OC(C)(C)C12COC2)C(=O)OC(C)(C)C. The van der Waals surface area contributed by atoms with Crippen molar-refractivity contribution < 1.29 is 33.3 Å². The number of amides is 2. The molecule has 2 amide bonds. The van der Waals surface area contributed by atoms with Crippen molar-refractivity contribution in [3.8, 4) is 5.75 Å². The summed E-state index contributed by atoms with van der Waals surface area (Å²) in [6.45, 7) is 14.9. The van der Waals surface area contributed by atoms with Gasteiger partial charge in [-0.1, -0.05) is 15.9 Å². The van der Waals surface area contributed by atoms with Crippen LogP contribution in [0.25, 0.3) is 0 Å². The van der Waals surface area contributed by atoms with Gasteiger partial charge >= 0.3 is 18.2 Å². The van der Waals surface area contributed by atoms with Gasteiger partial charge in [0.15, 0.2) is 0 Å². The highest BCUT2D eigenvalue weighted by Crippen LogP contribution is 2.57. The fourth-order valence-electron chi connectivity index (χ4n) is 4.18. The van der Waals surface area contributed by atoms with Crippen molar-refractivity contribution >= 4 is 34.1 Å². The number of carbonyl (C=O) groups excluding carboxylic acids is 2. The molecule has 0 saturated carbocycles. The zero-order chi connectivity index (χ0) is 26.4. The van der Waals surface area contributed by atoms with Crippen LogP contribution >= 0.6 is 15.9 Å². The van der Waals surface area contributed by atoms with Gasteiger partial charge < -0.3 is 23.7 Å². The van der Waals surface area contributed by atoms with Gasteiger partial charge in [-0.05, 0) is 73.6 Å². The van der Waals surface area contributed by atoms with E-state index in [-0.39, 0.29) is 12.5 Å². The molecule has 194 valence electrons. The third-order valence-electron chi connectivity index (χ3n) is 6.04. The van der Waals surface area contributed by atoms with Crippen LogP contribution < -0.4 is 4.74 Å². The van der Waals surface area contributed by atoms with Crippen molar-refractivity contribution in [3.63, 3.8) is 0 Å². The van der Waals surface area contributed by atoms with Crippen LogP contribution in [0.3, 0.4) is 0 Å². The molecule has 0 aromatic heterocycles. The summed E-state index contributed by atoms with van der Waals surface area (Å²) in [5, 5.41) is 8.50. The molecule has 0 bridgehead atoms. The lowest BCUT2D eigenvalue weighted by atomic mass is 9.60. The number of nitrogens with one attached hydrogen (secondary N) is 1. The molecular weight excluding hydrogens is 520 g/mol. The van der Waals surface area contributed by atoms with E-state index < -0.39 is 40.4 Å². The van der Waals surface area contributed by atoms with Crippen LogP contribution in [0, 0.1) is 10.8 Å². The molecule has 1 fully saturated rings. The van der Waals surface area contributed by atoms with E-state index in [9.17, 15) is 9.59 Å². The first kappa shape index (κ1) is 27.3. The lowest BCUT2D eigenvalue weighted by molar-refractivity contribution is -0.224. The van der Waals surface area contributed by atoms with Crippen LogP contribution in [-0.4, -0.2) is 59.7 Å². The highest BCUT2D eigenvalue weighted by Gasteiger charge is 2.61. The standard InChI is InChI=1S/C25H35BrN2O7/c1-22(2,3)34-20(29)28(21(30)35-23(4,5)6)19(27)32-12-17-16-11-15(26)9-10-18(16)33-24(7,8)25(17)13-31-14-25/h9-11,17,27H,12-14H2,1-8H3. The topological polar surface area (TPSA) is 107 Å². The Morgan fingerprint density at radius 1 is 1.09 bits per heavy atom. The quantitative estimate of drug-likeness (QED) is 0.361. The number of benzene rings is 1. The normalized spacial score (nSPS) is 20.1. The smallest absolute Gasteiger partial charge is 0.428 e. The summed E-state index contributed by atoms with van der Waals surface area (Å²) in [4.78, 5) is 26.2. The van der Waals surface area contributed by atoms with Gasteiger partial charge in [-0.25, -0.2) is 9.59 Å². The Balaban J connectivity index is 1.89. The van der Waals surface area contributed by atoms with Crippen molar-refractivity contribution in [1.29, 1.82) is 5.41 Å². The Morgan fingerprint density at radius 2 is 1.63 bits per heavy atom. The summed E-state index contributed by atoms with van der Waals surface area (Å²) in [5.74, 6) is 0.485. The van der Waals surface area contributed by atoms with Crippen LogP contribution in [-0.2, 0) is 18.9 Å². The molecule has 3 rings (SSSR count). The summed E-state index contributed by atoms with van der Waals surface area (Å²) in [6, 6.07) is 5.07.